The molecule has 21 heavy (non-hydrogen) atoms. The molecule has 2 rings (SSSR count). The second kappa shape index (κ2) is 7.14. The zero-order valence-corrected chi connectivity index (χ0v) is 13.5. The van der Waals surface area contributed by atoms with E-state index in [1.165, 1.54) is 25.7 Å². The minimum absolute atomic E-state index is 0.357. The fourth-order valence-corrected chi connectivity index (χ4v) is 3.10. The zero-order chi connectivity index (χ0) is 15.3. The van der Waals surface area contributed by atoms with Crippen LogP contribution in [0.5, 0.6) is 11.5 Å². The first-order valence-corrected chi connectivity index (χ1v) is 7.81. The van der Waals surface area contributed by atoms with Gasteiger partial charge in [-0.2, -0.15) is 0 Å². The van der Waals surface area contributed by atoms with Gasteiger partial charge in [-0.25, -0.2) is 0 Å². The summed E-state index contributed by atoms with van der Waals surface area (Å²) >= 11 is 0. The van der Waals surface area contributed by atoms with Gasteiger partial charge in [0.2, 0.25) is 0 Å². The Bertz CT molecular complexity index is 452. The van der Waals surface area contributed by atoms with Crippen LogP contribution in [0.2, 0.25) is 0 Å². The van der Waals surface area contributed by atoms with Gasteiger partial charge in [-0.15, -0.1) is 0 Å². The molecular weight excluding hydrogens is 264 g/mol. The number of benzene rings is 1. The van der Waals surface area contributed by atoms with Crippen LogP contribution in [0.25, 0.3) is 0 Å². The summed E-state index contributed by atoms with van der Waals surface area (Å²) in [6.07, 6.45) is 5.86. The van der Waals surface area contributed by atoms with Crippen LogP contribution >= 0.6 is 0 Å². The van der Waals surface area contributed by atoms with Crippen LogP contribution in [0.3, 0.4) is 0 Å². The van der Waals surface area contributed by atoms with Gasteiger partial charge in [0.15, 0.2) is 0 Å². The number of methoxy groups -OCH3 is 2. The molecule has 118 valence electrons. The normalized spacial score (nSPS) is 19.6. The maximum Gasteiger partial charge on any atom is 0.122 e. The molecule has 0 aromatic heterocycles. The van der Waals surface area contributed by atoms with Gasteiger partial charge >= 0.3 is 0 Å². The van der Waals surface area contributed by atoms with E-state index in [1.54, 1.807) is 14.2 Å². The molecule has 0 radical (unpaired) electrons. The van der Waals surface area contributed by atoms with Gasteiger partial charge in [-0.1, -0.05) is 12.8 Å². The van der Waals surface area contributed by atoms with E-state index in [4.69, 9.17) is 15.2 Å². The summed E-state index contributed by atoms with van der Waals surface area (Å²) in [6.45, 7) is 4.29. The van der Waals surface area contributed by atoms with E-state index in [0.717, 1.165) is 36.6 Å². The van der Waals surface area contributed by atoms with E-state index in [0.29, 0.717) is 0 Å². The standard InChI is InChI=1S/C17H28N2O2/c1-17(18,19-10-6-4-5-7-11-19)13-14-12-15(20-2)8-9-16(14)21-3/h8-9,12H,4-7,10-11,13,18H2,1-3H3. The number of rotatable bonds is 5. The minimum atomic E-state index is -0.357. The Labute approximate surface area is 128 Å². The molecule has 1 aliphatic rings. The van der Waals surface area contributed by atoms with Gasteiger partial charge in [0.05, 0.1) is 19.9 Å². The van der Waals surface area contributed by atoms with Crippen molar-refractivity contribution >= 4 is 0 Å². The molecule has 0 aliphatic carbocycles. The van der Waals surface area contributed by atoms with Gasteiger partial charge in [0, 0.05) is 12.0 Å². The summed E-state index contributed by atoms with van der Waals surface area (Å²) in [5.74, 6) is 1.72. The summed E-state index contributed by atoms with van der Waals surface area (Å²) in [7, 11) is 3.38. The highest BCUT2D eigenvalue weighted by Crippen LogP contribution is 2.29. The molecule has 0 saturated carbocycles. The molecule has 4 nitrogen and oxygen atoms in total. The largest absolute Gasteiger partial charge is 0.497 e. The van der Waals surface area contributed by atoms with E-state index in [1.807, 2.05) is 18.2 Å². The van der Waals surface area contributed by atoms with Gasteiger partial charge in [-0.05, 0) is 51.1 Å². The van der Waals surface area contributed by atoms with E-state index in [-0.39, 0.29) is 5.66 Å². The highest BCUT2D eigenvalue weighted by Gasteiger charge is 2.29. The van der Waals surface area contributed by atoms with Crippen LogP contribution in [-0.2, 0) is 6.42 Å². The Hall–Kier alpha value is -1.26. The van der Waals surface area contributed by atoms with Gasteiger partial charge < -0.3 is 15.2 Å². The number of nitrogens with zero attached hydrogens (tertiary/aromatic N) is 1. The second-order valence-electron chi connectivity index (χ2n) is 6.11. The highest BCUT2D eigenvalue weighted by molar-refractivity contribution is 5.41. The average Bonchev–Trinajstić information content (AvgIpc) is 2.76. The summed E-state index contributed by atoms with van der Waals surface area (Å²) in [5.41, 5.74) is 7.38. The molecule has 0 amide bonds. The Kier molecular flexibility index (Phi) is 5.48. The summed E-state index contributed by atoms with van der Waals surface area (Å²) < 4.78 is 10.8. The maximum atomic E-state index is 6.64. The highest BCUT2D eigenvalue weighted by atomic mass is 16.5. The lowest BCUT2D eigenvalue weighted by Gasteiger charge is -2.38. The average molecular weight is 292 g/mol. The van der Waals surface area contributed by atoms with Crippen molar-refractivity contribution in [2.24, 2.45) is 5.73 Å². The predicted octanol–water partition coefficient (Wildman–Crippen LogP) is 2.80. The lowest BCUT2D eigenvalue weighted by molar-refractivity contribution is 0.112. The van der Waals surface area contributed by atoms with Crippen molar-refractivity contribution in [3.05, 3.63) is 23.8 Å². The Morgan fingerprint density at radius 1 is 1.10 bits per heavy atom. The first-order chi connectivity index (χ1) is 10.1. The number of hydrogen-bond acceptors (Lipinski definition) is 4. The van der Waals surface area contributed by atoms with Crippen molar-refractivity contribution in [3.8, 4) is 11.5 Å². The molecule has 1 fully saturated rings. The topological polar surface area (TPSA) is 47.7 Å². The third kappa shape index (κ3) is 4.11. The second-order valence-corrected chi connectivity index (χ2v) is 6.11. The van der Waals surface area contributed by atoms with Gasteiger partial charge in [0.1, 0.15) is 11.5 Å². The zero-order valence-electron chi connectivity index (χ0n) is 13.5. The van der Waals surface area contributed by atoms with Crippen LogP contribution in [0.4, 0.5) is 0 Å². The first kappa shape index (κ1) is 16.1. The molecule has 1 aliphatic heterocycles. The van der Waals surface area contributed by atoms with Crippen molar-refractivity contribution in [3.63, 3.8) is 0 Å². The number of likely N-dealkylation sites (tertiary alicyclic amines) is 1. The third-order valence-corrected chi connectivity index (χ3v) is 4.36. The lowest BCUT2D eigenvalue weighted by atomic mass is 9.98. The molecule has 1 aromatic carbocycles. The number of hydrogen-bond donors (Lipinski definition) is 1. The Balaban J connectivity index is 2.17. The fourth-order valence-electron chi connectivity index (χ4n) is 3.10. The van der Waals surface area contributed by atoms with Crippen molar-refractivity contribution < 1.29 is 9.47 Å². The summed E-state index contributed by atoms with van der Waals surface area (Å²) in [6, 6.07) is 5.90. The quantitative estimate of drug-likeness (QED) is 0.906. The molecular formula is C17H28N2O2. The minimum Gasteiger partial charge on any atom is -0.497 e. The van der Waals surface area contributed by atoms with E-state index < -0.39 is 0 Å². The molecule has 4 heteroatoms. The fraction of sp³-hybridized carbons (Fsp3) is 0.647. The molecule has 1 aromatic rings. The van der Waals surface area contributed by atoms with Crippen LogP contribution in [0.1, 0.15) is 38.2 Å². The molecule has 2 N–H and O–H groups in total. The van der Waals surface area contributed by atoms with Crippen molar-refractivity contribution in [1.82, 2.24) is 4.90 Å². The maximum absolute atomic E-state index is 6.64. The van der Waals surface area contributed by atoms with Crippen molar-refractivity contribution in [2.45, 2.75) is 44.7 Å². The summed E-state index contributed by atoms with van der Waals surface area (Å²) in [5, 5.41) is 0. The number of ether oxygens (including phenoxy) is 2. The first-order valence-electron chi connectivity index (χ1n) is 7.81. The molecule has 1 saturated heterocycles. The van der Waals surface area contributed by atoms with E-state index >= 15 is 0 Å². The van der Waals surface area contributed by atoms with Crippen LogP contribution in [-0.4, -0.2) is 37.9 Å². The third-order valence-electron chi connectivity index (χ3n) is 4.36. The Morgan fingerprint density at radius 3 is 2.33 bits per heavy atom. The monoisotopic (exact) mass is 292 g/mol. The van der Waals surface area contributed by atoms with Crippen molar-refractivity contribution in [1.29, 1.82) is 0 Å². The van der Waals surface area contributed by atoms with Crippen LogP contribution in [0, 0.1) is 0 Å². The predicted molar refractivity (Wildman–Crippen MR) is 85.9 cm³/mol. The Morgan fingerprint density at radius 2 is 1.76 bits per heavy atom. The molecule has 0 bridgehead atoms. The van der Waals surface area contributed by atoms with Crippen LogP contribution in [0.15, 0.2) is 18.2 Å². The molecule has 1 atom stereocenters. The summed E-state index contributed by atoms with van der Waals surface area (Å²) in [4.78, 5) is 2.42. The molecule has 1 heterocycles. The van der Waals surface area contributed by atoms with E-state index in [9.17, 15) is 0 Å². The van der Waals surface area contributed by atoms with Gasteiger partial charge in [0.25, 0.3) is 0 Å². The SMILES string of the molecule is COc1ccc(OC)c(CC(C)(N)N2CCCCCC2)c1. The van der Waals surface area contributed by atoms with Crippen LogP contribution < -0.4 is 15.2 Å². The van der Waals surface area contributed by atoms with Gasteiger partial charge in [-0.3, -0.25) is 4.90 Å². The van der Waals surface area contributed by atoms with E-state index in [2.05, 4.69) is 11.8 Å². The molecule has 1 unspecified atom stereocenters. The lowest BCUT2D eigenvalue weighted by Crippen LogP contribution is -2.55. The van der Waals surface area contributed by atoms with Crippen molar-refractivity contribution in [2.75, 3.05) is 27.3 Å². The smallest absolute Gasteiger partial charge is 0.122 e. The molecule has 0 spiro atoms. The number of nitrogens with two attached hydrogens (primary N) is 1.